The number of hydrogen-bond acceptors (Lipinski definition) is 9. The smallest absolute Gasteiger partial charge is 0.219 e. The van der Waals surface area contributed by atoms with Gasteiger partial charge in [-0.25, -0.2) is 0 Å². The number of rotatable bonds is 6. The molecule has 2 unspecified atom stereocenters. The van der Waals surface area contributed by atoms with Crippen LogP contribution < -0.4 is 5.73 Å². The van der Waals surface area contributed by atoms with Crippen LogP contribution in [0.4, 0.5) is 0 Å². The zero-order chi connectivity index (χ0) is 17.8. The van der Waals surface area contributed by atoms with Crippen LogP contribution in [0.5, 0.6) is 0 Å². The summed E-state index contributed by atoms with van der Waals surface area (Å²) >= 11 is 0. The molecule has 13 heteroatoms. The van der Waals surface area contributed by atoms with Crippen molar-refractivity contribution < 1.29 is 29.9 Å². The Labute approximate surface area is 130 Å². The number of aliphatic hydroxyl groups is 4. The van der Waals surface area contributed by atoms with E-state index in [0.29, 0.717) is 0 Å². The zero-order valence-electron chi connectivity index (χ0n) is 12.5. The number of aliphatic hydroxyl groups excluding tert-OH is 3. The maximum atomic E-state index is 10.7. The van der Waals surface area contributed by atoms with Crippen molar-refractivity contribution in [3.8, 4) is 0 Å². The van der Waals surface area contributed by atoms with Crippen molar-refractivity contribution in [2.45, 2.75) is 55.9 Å². The van der Waals surface area contributed by atoms with Crippen LogP contribution in [0.15, 0.2) is 10.2 Å². The van der Waals surface area contributed by atoms with Gasteiger partial charge in [0.2, 0.25) is 5.79 Å². The van der Waals surface area contributed by atoms with Crippen LogP contribution in [0.2, 0.25) is 0 Å². The Kier molecular flexibility index (Phi) is 6.13. The summed E-state index contributed by atoms with van der Waals surface area (Å²) in [7, 11) is 0. The first-order valence-corrected chi connectivity index (χ1v) is 6.58. The third kappa shape index (κ3) is 3.48. The predicted molar refractivity (Wildman–Crippen MR) is 74.1 cm³/mol. The summed E-state index contributed by atoms with van der Waals surface area (Å²) in [6.07, 6.45) is -5.90. The highest BCUT2D eigenvalue weighted by atomic mass is 16.7. The minimum absolute atomic E-state index is 0.758. The van der Waals surface area contributed by atoms with Gasteiger partial charge in [-0.05, 0) is 24.9 Å². The molecule has 0 saturated carbocycles. The monoisotopic (exact) mass is 333 g/mol. The molecule has 0 aromatic carbocycles. The zero-order valence-corrected chi connectivity index (χ0v) is 12.5. The molecule has 1 rings (SSSR count). The van der Waals surface area contributed by atoms with Crippen molar-refractivity contribution in [3.05, 3.63) is 20.9 Å². The second-order valence-electron chi connectivity index (χ2n) is 5.14. The maximum absolute atomic E-state index is 10.7. The summed E-state index contributed by atoms with van der Waals surface area (Å²) in [4.78, 5) is 5.04. The largest absolute Gasteiger partial charge is 0.394 e. The minimum Gasteiger partial charge on any atom is -0.394 e. The number of nitrogens with two attached hydrogens (primary N) is 1. The highest BCUT2D eigenvalue weighted by Crippen LogP contribution is 2.39. The average molecular weight is 333 g/mol. The standard InChI is InChI=1S/C10H19N7O6/c1-4(14-16-12)22-9(2,15-17-13)10(21)8(11)7(20)6(19)5(3-18)23-10/h4-8,18-21H,3,11H2,1-2H3/t4?,5-,6-,7+,8-,9?,10-/m1/s1. The lowest BCUT2D eigenvalue weighted by Gasteiger charge is -2.52. The fraction of sp³-hybridized carbons (Fsp3) is 1.00. The molecule has 7 atom stereocenters. The van der Waals surface area contributed by atoms with Crippen LogP contribution in [0.25, 0.3) is 20.9 Å². The topological polar surface area (TPSA) is 223 Å². The van der Waals surface area contributed by atoms with E-state index in [1.165, 1.54) is 6.92 Å². The van der Waals surface area contributed by atoms with Gasteiger partial charge in [-0.15, -0.1) is 0 Å². The molecule has 1 heterocycles. The minimum atomic E-state index is -2.62. The molecule has 13 nitrogen and oxygen atoms in total. The second kappa shape index (κ2) is 7.27. The van der Waals surface area contributed by atoms with E-state index in [-0.39, 0.29) is 0 Å². The van der Waals surface area contributed by atoms with Gasteiger partial charge in [-0.3, -0.25) is 0 Å². The van der Waals surface area contributed by atoms with E-state index in [9.17, 15) is 20.4 Å². The van der Waals surface area contributed by atoms with Gasteiger partial charge in [0.15, 0.2) is 5.72 Å². The number of nitrogens with zero attached hydrogens (tertiary/aromatic N) is 6. The molecule has 23 heavy (non-hydrogen) atoms. The van der Waals surface area contributed by atoms with Gasteiger partial charge in [-0.1, -0.05) is 10.2 Å². The molecule has 0 spiro atoms. The fourth-order valence-corrected chi connectivity index (χ4v) is 2.30. The van der Waals surface area contributed by atoms with Crippen LogP contribution in [-0.2, 0) is 9.47 Å². The van der Waals surface area contributed by atoms with Crippen LogP contribution in [0, 0.1) is 0 Å². The molecule has 0 aliphatic carbocycles. The first-order valence-electron chi connectivity index (χ1n) is 6.58. The third-order valence-electron chi connectivity index (χ3n) is 3.58. The molecular weight excluding hydrogens is 314 g/mol. The average Bonchev–Trinajstić information content (AvgIpc) is 2.49. The van der Waals surface area contributed by atoms with Gasteiger partial charge in [0.1, 0.15) is 24.5 Å². The lowest BCUT2D eigenvalue weighted by atomic mass is 9.85. The van der Waals surface area contributed by atoms with E-state index in [2.05, 4.69) is 20.1 Å². The summed E-state index contributed by atoms with van der Waals surface area (Å²) in [5.41, 5.74) is 20.6. The van der Waals surface area contributed by atoms with E-state index >= 15 is 0 Å². The van der Waals surface area contributed by atoms with Gasteiger partial charge < -0.3 is 35.6 Å². The fourth-order valence-electron chi connectivity index (χ4n) is 2.30. The molecule has 0 aromatic rings. The van der Waals surface area contributed by atoms with Gasteiger partial charge in [-0.2, -0.15) is 0 Å². The lowest BCUT2D eigenvalue weighted by molar-refractivity contribution is -0.378. The van der Waals surface area contributed by atoms with E-state index < -0.39 is 48.7 Å². The van der Waals surface area contributed by atoms with Crippen molar-refractivity contribution in [2.75, 3.05) is 6.61 Å². The van der Waals surface area contributed by atoms with Gasteiger partial charge in [0.05, 0.1) is 12.6 Å². The molecular formula is C10H19N7O6. The van der Waals surface area contributed by atoms with Crippen molar-refractivity contribution in [3.63, 3.8) is 0 Å². The van der Waals surface area contributed by atoms with Crippen LogP contribution >= 0.6 is 0 Å². The Morgan fingerprint density at radius 2 is 2.00 bits per heavy atom. The summed E-state index contributed by atoms with van der Waals surface area (Å²) in [5, 5.41) is 46.2. The van der Waals surface area contributed by atoms with Crippen LogP contribution in [0.3, 0.4) is 0 Å². The Balaban J connectivity index is 3.31. The molecule has 1 saturated heterocycles. The molecule has 0 radical (unpaired) electrons. The molecule has 6 N–H and O–H groups in total. The first kappa shape index (κ1) is 19.4. The number of azide groups is 2. The highest BCUT2D eigenvalue weighted by Gasteiger charge is 2.62. The summed E-state index contributed by atoms with van der Waals surface area (Å²) < 4.78 is 10.4. The normalized spacial score (nSPS) is 37.9. The van der Waals surface area contributed by atoms with Gasteiger partial charge >= 0.3 is 0 Å². The summed E-state index contributed by atoms with van der Waals surface area (Å²) in [6, 6.07) is -1.66. The van der Waals surface area contributed by atoms with Crippen molar-refractivity contribution in [1.29, 1.82) is 0 Å². The maximum Gasteiger partial charge on any atom is 0.219 e. The lowest BCUT2D eigenvalue weighted by Crippen LogP contribution is -2.75. The van der Waals surface area contributed by atoms with Crippen LogP contribution in [0.1, 0.15) is 13.8 Å². The Bertz CT molecular complexity index is 522. The molecule has 1 fully saturated rings. The number of ether oxygens (including phenoxy) is 2. The van der Waals surface area contributed by atoms with Crippen molar-refractivity contribution in [2.24, 2.45) is 16.0 Å². The Morgan fingerprint density at radius 3 is 2.48 bits per heavy atom. The first-order chi connectivity index (χ1) is 10.7. The van der Waals surface area contributed by atoms with Crippen molar-refractivity contribution >= 4 is 0 Å². The number of hydrogen-bond donors (Lipinski definition) is 5. The molecule has 0 bridgehead atoms. The van der Waals surface area contributed by atoms with Crippen molar-refractivity contribution in [1.82, 2.24) is 0 Å². The van der Waals surface area contributed by atoms with Gasteiger partial charge in [0, 0.05) is 9.82 Å². The molecule has 1 aliphatic heterocycles. The van der Waals surface area contributed by atoms with E-state index in [1.807, 2.05) is 0 Å². The van der Waals surface area contributed by atoms with Gasteiger partial charge in [0.25, 0.3) is 0 Å². The third-order valence-corrected chi connectivity index (χ3v) is 3.58. The highest BCUT2D eigenvalue weighted by molar-refractivity contribution is 5.06. The molecule has 0 aromatic heterocycles. The van der Waals surface area contributed by atoms with E-state index in [4.69, 9.17) is 26.3 Å². The second-order valence-corrected chi connectivity index (χ2v) is 5.14. The Hall–Kier alpha value is -1.66. The SMILES string of the molecule is CC(N=[N+]=[N-])OC(C)(N=[N+]=[N-])[C@]1(O)O[C@H](CO)[C@@H](O)[C@H](O)[C@H]1N. The van der Waals surface area contributed by atoms with E-state index in [0.717, 1.165) is 6.92 Å². The van der Waals surface area contributed by atoms with Crippen LogP contribution in [-0.4, -0.2) is 69.1 Å². The summed E-state index contributed by atoms with van der Waals surface area (Å²) in [6.45, 7) is 1.64. The molecule has 130 valence electrons. The summed E-state index contributed by atoms with van der Waals surface area (Å²) in [5.74, 6) is -2.62. The Morgan fingerprint density at radius 1 is 1.39 bits per heavy atom. The quantitative estimate of drug-likeness (QED) is 0.227. The molecule has 0 amide bonds. The molecule has 1 aliphatic rings. The van der Waals surface area contributed by atoms with E-state index in [1.54, 1.807) is 0 Å². The predicted octanol–water partition coefficient (Wildman–Crippen LogP) is -1.19.